The summed E-state index contributed by atoms with van der Waals surface area (Å²) < 4.78 is 68.4. The number of ether oxygens (including phenoxy) is 1. The lowest BCUT2D eigenvalue weighted by atomic mass is 10.1. The normalized spacial score (nSPS) is 16.1. The first kappa shape index (κ1) is 18.6. The molecule has 0 N–H and O–H groups in total. The van der Waals surface area contributed by atoms with Crippen molar-refractivity contribution in [3.8, 4) is 5.75 Å². The number of halogens is 3. The highest BCUT2D eigenvalue weighted by Gasteiger charge is 2.31. The van der Waals surface area contributed by atoms with E-state index in [-0.39, 0.29) is 22.5 Å². The lowest BCUT2D eigenvalue weighted by Crippen LogP contribution is -2.39. The second kappa shape index (κ2) is 7.57. The average molecular weight is 385 g/mol. The maximum Gasteiger partial charge on any atom is 0.341 e. The predicted octanol–water partition coefficient (Wildman–Crippen LogP) is 3.87. The van der Waals surface area contributed by atoms with E-state index in [0.29, 0.717) is 31.7 Å². The third-order valence-electron chi connectivity index (χ3n) is 4.31. The van der Waals surface area contributed by atoms with Gasteiger partial charge in [-0.05, 0) is 36.4 Å². The summed E-state index contributed by atoms with van der Waals surface area (Å²) in [7, 11) is -4.66. The maximum absolute atomic E-state index is 12.9. The molecule has 1 fully saturated rings. The van der Waals surface area contributed by atoms with Gasteiger partial charge in [0.15, 0.2) is 0 Å². The van der Waals surface area contributed by atoms with Gasteiger partial charge in [-0.25, -0.2) is 12.8 Å². The standard InChI is InChI=1S/C18H18F3NO3S/c19-13-5-7-14(8-6-13)25-15-9-11-22(12-10-15)16-3-1-2-4-17(16)26(23,24)18(20)21/h1-8,15,18H,9-12H2. The molecule has 1 heterocycles. The van der Waals surface area contributed by atoms with Gasteiger partial charge in [0.05, 0.1) is 10.6 Å². The topological polar surface area (TPSA) is 46.6 Å². The molecule has 2 aromatic rings. The summed E-state index contributed by atoms with van der Waals surface area (Å²) in [5, 5.41) is 0. The van der Waals surface area contributed by atoms with E-state index in [1.807, 2.05) is 0 Å². The molecule has 1 saturated heterocycles. The molecule has 0 aromatic heterocycles. The van der Waals surface area contributed by atoms with E-state index >= 15 is 0 Å². The Kier molecular flexibility index (Phi) is 5.41. The van der Waals surface area contributed by atoms with Crippen LogP contribution in [0, 0.1) is 5.82 Å². The Labute approximate surface area is 150 Å². The van der Waals surface area contributed by atoms with Crippen LogP contribution in [0.5, 0.6) is 5.75 Å². The first-order valence-corrected chi connectivity index (χ1v) is 9.71. The Balaban J connectivity index is 1.70. The van der Waals surface area contributed by atoms with Gasteiger partial charge in [0, 0.05) is 25.9 Å². The van der Waals surface area contributed by atoms with Crippen molar-refractivity contribution in [3.05, 3.63) is 54.3 Å². The van der Waals surface area contributed by atoms with E-state index in [1.165, 1.54) is 30.3 Å². The molecular weight excluding hydrogens is 367 g/mol. The summed E-state index contributed by atoms with van der Waals surface area (Å²) in [6.07, 6.45) is 1.09. The van der Waals surface area contributed by atoms with Crippen LogP contribution in [-0.2, 0) is 9.84 Å². The molecule has 2 aromatic carbocycles. The second-order valence-electron chi connectivity index (χ2n) is 6.03. The zero-order valence-corrected chi connectivity index (χ0v) is 14.6. The van der Waals surface area contributed by atoms with Gasteiger partial charge in [-0.2, -0.15) is 8.78 Å². The van der Waals surface area contributed by atoms with Crippen LogP contribution in [0.3, 0.4) is 0 Å². The monoisotopic (exact) mass is 385 g/mol. The molecule has 0 saturated carbocycles. The smallest absolute Gasteiger partial charge is 0.341 e. The second-order valence-corrected chi connectivity index (χ2v) is 7.92. The molecule has 0 bridgehead atoms. The van der Waals surface area contributed by atoms with E-state index in [1.54, 1.807) is 23.1 Å². The molecule has 8 heteroatoms. The Morgan fingerprint density at radius 3 is 2.23 bits per heavy atom. The van der Waals surface area contributed by atoms with Gasteiger partial charge in [-0.15, -0.1) is 0 Å². The molecule has 0 unspecified atom stereocenters. The van der Waals surface area contributed by atoms with Crippen molar-refractivity contribution in [2.24, 2.45) is 0 Å². The fourth-order valence-corrected chi connectivity index (χ4v) is 3.92. The van der Waals surface area contributed by atoms with Crippen molar-refractivity contribution in [1.82, 2.24) is 0 Å². The van der Waals surface area contributed by atoms with Crippen LogP contribution in [0.25, 0.3) is 0 Å². The largest absolute Gasteiger partial charge is 0.490 e. The van der Waals surface area contributed by atoms with Crippen LogP contribution in [0.4, 0.5) is 18.9 Å². The van der Waals surface area contributed by atoms with Crippen LogP contribution in [0.1, 0.15) is 12.8 Å². The Hall–Kier alpha value is -2.22. The fraction of sp³-hybridized carbons (Fsp3) is 0.333. The number of rotatable bonds is 5. The van der Waals surface area contributed by atoms with E-state index < -0.39 is 15.6 Å². The first-order chi connectivity index (χ1) is 12.4. The molecular formula is C18H18F3NO3S. The number of hydrogen-bond donors (Lipinski definition) is 0. The molecule has 0 atom stereocenters. The number of alkyl halides is 2. The highest BCUT2D eigenvalue weighted by molar-refractivity contribution is 7.91. The number of anilines is 1. The molecule has 1 aliphatic heterocycles. The highest BCUT2D eigenvalue weighted by Crippen LogP contribution is 2.31. The zero-order valence-electron chi connectivity index (χ0n) is 13.8. The molecule has 140 valence electrons. The Bertz CT molecular complexity index is 848. The summed E-state index contributed by atoms with van der Waals surface area (Å²) >= 11 is 0. The van der Waals surface area contributed by atoms with E-state index in [4.69, 9.17) is 4.74 Å². The number of nitrogens with zero attached hydrogens (tertiary/aromatic N) is 1. The van der Waals surface area contributed by atoms with Crippen LogP contribution in [0.2, 0.25) is 0 Å². The van der Waals surface area contributed by atoms with Crippen molar-refractivity contribution in [1.29, 1.82) is 0 Å². The molecule has 1 aliphatic rings. The number of sulfone groups is 1. The summed E-state index contributed by atoms with van der Waals surface area (Å²) in [4.78, 5) is 1.42. The zero-order chi connectivity index (χ0) is 18.7. The SMILES string of the molecule is O=S(=O)(c1ccccc1N1CCC(Oc2ccc(F)cc2)CC1)C(F)F. The quantitative estimate of drug-likeness (QED) is 0.784. The first-order valence-electron chi connectivity index (χ1n) is 8.16. The number of benzene rings is 2. The van der Waals surface area contributed by atoms with Crippen LogP contribution in [-0.4, -0.2) is 33.4 Å². The van der Waals surface area contributed by atoms with Crippen molar-refractivity contribution < 1.29 is 26.3 Å². The molecule has 0 amide bonds. The van der Waals surface area contributed by atoms with Crippen molar-refractivity contribution in [2.75, 3.05) is 18.0 Å². The molecule has 3 rings (SSSR count). The van der Waals surface area contributed by atoms with Gasteiger partial charge in [-0.3, -0.25) is 0 Å². The third kappa shape index (κ3) is 3.95. The lowest BCUT2D eigenvalue weighted by Gasteiger charge is -2.34. The highest BCUT2D eigenvalue weighted by atomic mass is 32.2. The minimum Gasteiger partial charge on any atom is -0.490 e. The van der Waals surface area contributed by atoms with Crippen LogP contribution < -0.4 is 9.64 Å². The van der Waals surface area contributed by atoms with Gasteiger partial charge in [0.1, 0.15) is 17.7 Å². The minimum absolute atomic E-state index is 0.101. The minimum atomic E-state index is -4.66. The maximum atomic E-state index is 12.9. The van der Waals surface area contributed by atoms with Crippen molar-refractivity contribution in [3.63, 3.8) is 0 Å². The van der Waals surface area contributed by atoms with Crippen LogP contribution in [0.15, 0.2) is 53.4 Å². The summed E-state index contributed by atoms with van der Waals surface area (Å²) in [6.45, 7) is 0.948. The number of para-hydroxylation sites is 1. The van der Waals surface area contributed by atoms with E-state index in [9.17, 15) is 21.6 Å². The van der Waals surface area contributed by atoms with Gasteiger partial charge < -0.3 is 9.64 Å². The molecule has 4 nitrogen and oxygen atoms in total. The summed E-state index contributed by atoms with van der Waals surface area (Å²) in [6, 6.07) is 11.5. The van der Waals surface area contributed by atoms with Crippen molar-refractivity contribution >= 4 is 15.5 Å². The van der Waals surface area contributed by atoms with E-state index in [2.05, 4.69) is 0 Å². The summed E-state index contributed by atoms with van der Waals surface area (Å²) in [5.74, 6) is -3.24. The van der Waals surface area contributed by atoms with Crippen molar-refractivity contribution in [2.45, 2.75) is 29.6 Å². The summed E-state index contributed by atoms with van der Waals surface area (Å²) in [5.41, 5.74) is 0.285. The number of hydrogen-bond acceptors (Lipinski definition) is 4. The lowest BCUT2D eigenvalue weighted by molar-refractivity contribution is 0.170. The molecule has 0 spiro atoms. The average Bonchev–Trinajstić information content (AvgIpc) is 2.64. The molecule has 0 aliphatic carbocycles. The van der Waals surface area contributed by atoms with Gasteiger partial charge in [0.2, 0.25) is 9.84 Å². The van der Waals surface area contributed by atoms with Crippen LogP contribution >= 0.6 is 0 Å². The Morgan fingerprint density at radius 2 is 1.62 bits per heavy atom. The van der Waals surface area contributed by atoms with E-state index in [0.717, 1.165) is 0 Å². The predicted molar refractivity (Wildman–Crippen MR) is 91.9 cm³/mol. The fourth-order valence-electron chi connectivity index (χ4n) is 2.98. The third-order valence-corrected chi connectivity index (χ3v) is 5.73. The molecule has 26 heavy (non-hydrogen) atoms. The Morgan fingerprint density at radius 1 is 1.00 bits per heavy atom. The number of piperidine rings is 1. The van der Waals surface area contributed by atoms with Gasteiger partial charge >= 0.3 is 5.76 Å². The van der Waals surface area contributed by atoms with Gasteiger partial charge in [0.25, 0.3) is 0 Å². The molecule has 0 radical (unpaired) electrons. The van der Waals surface area contributed by atoms with Gasteiger partial charge in [-0.1, -0.05) is 12.1 Å².